The van der Waals surface area contributed by atoms with Crippen molar-refractivity contribution >= 4 is 16.6 Å². The van der Waals surface area contributed by atoms with Gasteiger partial charge < -0.3 is 0 Å². The van der Waals surface area contributed by atoms with Gasteiger partial charge in [-0.05, 0) is 29.8 Å². The van der Waals surface area contributed by atoms with Gasteiger partial charge in [0.2, 0.25) is 0 Å². The topological polar surface area (TPSA) is 17.2 Å². The van der Waals surface area contributed by atoms with E-state index in [1.54, 1.807) is 24.3 Å². The molecule has 0 atom stereocenters. The number of benzene rings is 1. The van der Waals surface area contributed by atoms with Gasteiger partial charge in [0.05, 0.1) is 22.9 Å². The molecule has 1 fully saturated rings. The number of halogens is 3. The molecule has 1 saturated carbocycles. The van der Waals surface area contributed by atoms with E-state index in [2.05, 4.69) is 15.9 Å². The number of hydrogen-bond acceptors (Lipinski definition) is 1. The number of nitrogens with zero attached hydrogens (tertiary/aromatic N) is 2. The molecule has 1 aliphatic carbocycles. The maximum absolute atomic E-state index is 13.0. The second-order valence-electron chi connectivity index (χ2n) is 5.62. The molecule has 0 unspecified atom stereocenters. The lowest BCUT2D eigenvalue weighted by atomic mass is 9.90. The minimum absolute atomic E-state index is 0.245. The summed E-state index contributed by atoms with van der Waals surface area (Å²) in [5.74, 6) is 0.245. The average Bonchev–Trinajstić information content (AvgIpc) is 2.52. The zero-order valence-electron chi connectivity index (χ0n) is 12.0. The monoisotopic (exact) mass is 305 g/mol. The fourth-order valence-electron chi connectivity index (χ4n) is 2.79. The van der Waals surface area contributed by atoms with Crippen LogP contribution >= 0.6 is 0 Å². The first kappa shape index (κ1) is 14.8. The first-order chi connectivity index (χ1) is 10.5. The summed E-state index contributed by atoms with van der Waals surface area (Å²) in [6, 6.07) is 10.8. The number of para-hydroxylation sites is 1. The highest BCUT2D eigenvalue weighted by Gasteiger charge is 2.35. The summed E-state index contributed by atoms with van der Waals surface area (Å²) < 4.78 is 38.9. The van der Waals surface area contributed by atoms with Crippen LogP contribution in [0.2, 0.25) is 0 Å². The maximum atomic E-state index is 13.0. The second-order valence-corrected chi connectivity index (χ2v) is 5.62. The summed E-state index contributed by atoms with van der Waals surface area (Å²) in [4.78, 5) is 7.93. The Bertz CT molecular complexity index is 735. The molecular formula is C17H16F3N2+. The van der Waals surface area contributed by atoms with Crippen molar-refractivity contribution in [3.63, 3.8) is 0 Å². The number of alkyl halides is 3. The van der Waals surface area contributed by atoms with Crippen molar-refractivity contribution in [2.75, 3.05) is 0 Å². The Labute approximate surface area is 126 Å². The third-order valence-electron chi connectivity index (χ3n) is 3.96. The highest BCUT2D eigenvalue weighted by molar-refractivity contribution is 5.92. The van der Waals surface area contributed by atoms with Crippen molar-refractivity contribution in [1.29, 1.82) is 0 Å². The van der Waals surface area contributed by atoms with E-state index in [0.29, 0.717) is 16.6 Å². The molecule has 3 rings (SSSR count). The van der Waals surface area contributed by atoms with Gasteiger partial charge in [-0.2, -0.15) is 13.2 Å². The van der Waals surface area contributed by atoms with Crippen molar-refractivity contribution in [2.24, 2.45) is 5.92 Å². The van der Waals surface area contributed by atoms with Crippen LogP contribution < -0.4 is 0 Å². The van der Waals surface area contributed by atoms with Crippen molar-refractivity contribution in [3.05, 3.63) is 40.9 Å². The lowest BCUT2D eigenvalue weighted by Gasteiger charge is -2.11. The van der Waals surface area contributed by atoms with Crippen LogP contribution in [0.4, 0.5) is 18.9 Å². The van der Waals surface area contributed by atoms with E-state index >= 15 is 0 Å². The lowest BCUT2D eigenvalue weighted by molar-refractivity contribution is -0.140. The molecule has 5 heteroatoms. The van der Waals surface area contributed by atoms with Crippen LogP contribution in [0.25, 0.3) is 15.7 Å². The summed E-state index contributed by atoms with van der Waals surface area (Å²) in [6.45, 7) is 0. The van der Waals surface area contributed by atoms with Crippen molar-refractivity contribution in [1.82, 2.24) is 4.98 Å². The summed E-state index contributed by atoms with van der Waals surface area (Å²) >= 11 is 0. The van der Waals surface area contributed by atoms with E-state index in [1.807, 2.05) is 0 Å². The standard InChI is InChI=1S/C17H16F3N2/c18-17(19,20)16-10-15(13-8-4-5-9-14(13)22-16)21-11-12-6-2-1-3-7-12/h4-5,8-10,12H,1-3,6-7H2/q+1. The third kappa shape index (κ3) is 3.22. The Kier molecular flexibility index (Phi) is 4.02. The van der Waals surface area contributed by atoms with E-state index in [0.717, 1.165) is 31.7 Å². The van der Waals surface area contributed by atoms with Gasteiger partial charge >= 0.3 is 11.9 Å². The Morgan fingerprint density at radius 1 is 1.09 bits per heavy atom. The minimum atomic E-state index is -4.47. The normalized spacial score (nSPS) is 16.3. The van der Waals surface area contributed by atoms with E-state index in [-0.39, 0.29) is 5.92 Å². The quantitative estimate of drug-likeness (QED) is 0.601. The molecule has 0 saturated heterocycles. The van der Waals surface area contributed by atoms with Gasteiger partial charge in [-0.25, -0.2) is 4.98 Å². The molecule has 0 spiro atoms. The Hall–Kier alpha value is -2.09. The van der Waals surface area contributed by atoms with Crippen LogP contribution in [0.1, 0.15) is 37.8 Å². The zero-order valence-corrected chi connectivity index (χ0v) is 12.0. The molecule has 0 aliphatic heterocycles. The maximum Gasteiger partial charge on any atom is 0.433 e. The zero-order chi connectivity index (χ0) is 15.6. The van der Waals surface area contributed by atoms with Gasteiger partial charge in [-0.15, -0.1) is 0 Å². The summed E-state index contributed by atoms with van der Waals surface area (Å²) in [7, 11) is 0. The summed E-state index contributed by atoms with van der Waals surface area (Å²) in [5.41, 5.74) is -0.305. The Morgan fingerprint density at radius 3 is 2.55 bits per heavy atom. The first-order valence-corrected chi connectivity index (χ1v) is 7.47. The molecule has 0 amide bonds. The van der Waals surface area contributed by atoms with E-state index in [1.165, 1.54) is 6.42 Å². The molecule has 0 bridgehead atoms. The fourth-order valence-corrected chi connectivity index (χ4v) is 2.79. The second kappa shape index (κ2) is 5.96. The van der Waals surface area contributed by atoms with Crippen LogP contribution in [0.15, 0.2) is 30.3 Å². The summed E-state index contributed by atoms with van der Waals surface area (Å²) in [5, 5.41) is 0.624. The molecule has 1 heterocycles. The molecule has 2 aromatic rings. The predicted octanol–water partition coefficient (Wildman–Crippen LogP) is 5.80. The molecular weight excluding hydrogens is 289 g/mol. The number of rotatable bonds is 0. The first-order valence-electron chi connectivity index (χ1n) is 7.47. The van der Waals surface area contributed by atoms with Crippen LogP contribution in [0.3, 0.4) is 0 Å². The average molecular weight is 305 g/mol. The fraction of sp³-hybridized carbons (Fsp3) is 0.412. The molecule has 22 heavy (non-hydrogen) atoms. The SMILES string of the molecule is FC(F)(F)c1cc([N+]#CC2CCCCC2)c2ccccc2n1. The molecule has 1 aromatic carbocycles. The molecule has 0 radical (unpaired) electrons. The highest BCUT2D eigenvalue weighted by Crippen LogP contribution is 2.34. The van der Waals surface area contributed by atoms with Crippen molar-refractivity contribution in [3.8, 4) is 6.07 Å². The van der Waals surface area contributed by atoms with Gasteiger partial charge in [0.25, 0.3) is 6.07 Å². The van der Waals surface area contributed by atoms with Crippen LogP contribution in [-0.2, 0) is 6.18 Å². The van der Waals surface area contributed by atoms with E-state index < -0.39 is 11.9 Å². The Morgan fingerprint density at radius 2 is 1.82 bits per heavy atom. The van der Waals surface area contributed by atoms with Gasteiger partial charge in [0, 0.05) is 0 Å². The minimum Gasteiger partial charge on any atom is -0.243 e. The number of fused-ring (bicyclic) bond motifs is 1. The van der Waals surface area contributed by atoms with Gasteiger partial charge in [-0.3, -0.25) is 0 Å². The van der Waals surface area contributed by atoms with E-state index in [9.17, 15) is 13.2 Å². The molecule has 1 aliphatic rings. The smallest absolute Gasteiger partial charge is 0.243 e. The molecule has 0 N–H and O–H groups in total. The lowest BCUT2D eigenvalue weighted by Crippen LogP contribution is -2.07. The Balaban J connectivity index is 2.05. The predicted molar refractivity (Wildman–Crippen MR) is 80.2 cm³/mol. The number of hydrogen-bond donors (Lipinski definition) is 0. The third-order valence-corrected chi connectivity index (χ3v) is 3.96. The number of pyridine rings is 1. The van der Waals surface area contributed by atoms with Gasteiger partial charge in [0.15, 0.2) is 5.69 Å². The van der Waals surface area contributed by atoms with Crippen LogP contribution in [0.5, 0.6) is 0 Å². The summed E-state index contributed by atoms with van der Waals surface area (Å²) in [6.07, 6.45) is 1.04. The molecule has 2 nitrogen and oxygen atoms in total. The van der Waals surface area contributed by atoms with Crippen LogP contribution in [-0.4, -0.2) is 4.98 Å². The highest BCUT2D eigenvalue weighted by atomic mass is 19.4. The van der Waals surface area contributed by atoms with Gasteiger partial charge in [-0.1, -0.05) is 31.4 Å². The largest absolute Gasteiger partial charge is 0.433 e. The molecule has 114 valence electrons. The van der Waals surface area contributed by atoms with E-state index in [4.69, 9.17) is 0 Å². The van der Waals surface area contributed by atoms with Crippen molar-refractivity contribution < 1.29 is 13.2 Å². The van der Waals surface area contributed by atoms with Gasteiger partial charge in [0.1, 0.15) is 0 Å². The van der Waals surface area contributed by atoms with Crippen LogP contribution in [0, 0.1) is 12.0 Å². The number of aromatic nitrogens is 1. The van der Waals surface area contributed by atoms with Crippen molar-refractivity contribution in [2.45, 2.75) is 38.3 Å². The molecule has 1 aromatic heterocycles.